The standard InChI is InChI=1S/C23H33N5O5/c1-3-5-7-13-27(20-21(25)28(12-6-4-2)23(32)26-22(20)31)19(30)15-33-17-10-8-16(9-11-17)14-18(24)29/h8-11H,3-7,12-15,25H2,1-2H3,(H2,24,29)(H,26,31,32). The second kappa shape index (κ2) is 12.5. The molecule has 2 amide bonds. The van der Waals surface area contributed by atoms with Crippen LogP contribution < -0.4 is 32.4 Å². The Balaban J connectivity index is 2.26. The molecule has 1 heterocycles. The van der Waals surface area contributed by atoms with Crippen LogP contribution in [0.2, 0.25) is 0 Å². The van der Waals surface area contributed by atoms with E-state index in [0.717, 1.165) is 24.8 Å². The molecular formula is C23H33N5O5. The van der Waals surface area contributed by atoms with Gasteiger partial charge in [0, 0.05) is 13.1 Å². The second-order valence-electron chi connectivity index (χ2n) is 7.83. The number of nitrogens with two attached hydrogens (primary N) is 2. The van der Waals surface area contributed by atoms with Crippen molar-refractivity contribution in [1.82, 2.24) is 9.55 Å². The number of aromatic nitrogens is 2. The largest absolute Gasteiger partial charge is 0.484 e. The van der Waals surface area contributed by atoms with Crippen LogP contribution in [-0.2, 0) is 22.6 Å². The zero-order valence-corrected chi connectivity index (χ0v) is 19.3. The Kier molecular flexibility index (Phi) is 9.71. The molecule has 0 aliphatic heterocycles. The Hall–Kier alpha value is -3.56. The number of benzene rings is 1. The molecule has 10 nitrogen and oxygen atoms in total. The fourth-order valence-corrected chi connectivity index (χ4v) is 3.39. The maximum atomic E-state index is 13.1. The maximum Gasteiger partial charge on any atom is 0.330 e. The van der Waals surface area contributed by atoms with Gasteiger partial charge in [0.25, 0.3) is 11.5 Å². The van der Waals surface area contributed by atoms with Gasteiger partial charge in [-0.25, -0.2) is 4.79 Å². The summed E-state index contributed by atoms with van der Waals surface area (Å²) in [6.07, 6.45) is 4.11. The molecule has 0 bridgehead atoms. The first-order chi connectivity index (χ1) is 15.8. The highest BCUT2D eigenvalue weighted by atomic mass is 16.5. The topological polar surface area (TPSA) is 154 Å². The van der Waals surface area contributed by atoms with Gasteiger partial charge in [0.05, 0.1) is 6.42 Å². The first-order valence-corrected chi connectivity index (χ1v) is 11.2. The van der Waals surface area contributed by atoms with Crippen LogP contribution in [0.4, 0.5) is 11.5 Å². The van der Waals surface area contributed by atoms with Crippen molar-refractivity contribution in [3.05, 3.63) is 50.7 Å². The smallest absolute Gasteiger partial charge is 0.330 e. The summed E-state index contributed by atoms with van der Waals surface area (Å²) in [6, 6.07) is 6.66. The number of rotatable bonds is 13. The number of amides is 2. The maximum absolute atomic E-state index is 13.1. The molecule has 180 valence electrons. The number of ether oxygens (including phenoxy) is 1. The van der Waals surface area contributed by atoms with Crippen molar-refractivity contribution in [2.24, 2.45) is 5.73 Å². The van der Waals surface area contributed by atoms with Crippen LogP contribution >= 0.6 is 0 Å². The molecule has 0 saturated heterocycles. The highest BCUT2D eigenvalue weighted by Crippen LogP contribution is 2.19. The van der Waals surface area contributed by atoms with E-state index in [4.69, 9.17) is 16.2 Å². The van der Waals surface area contributed by atoms with Gasteiger partial charge < -0.3 is 21.1 Å². The van der Waals surface area contributed by atoms with Gasteiger partial charge in [-0.3, -0.25) is 23.9 Å². The SMILES string of the molecule is CCCCCN(C(=O)COc1ccc(CC(N)=O)cc1)c1c(N)n(CCCC)c(=O)[nH]c1=O. The first kappa shape index (κ1) is 25.7. The molecule has 0 fully saturated rings. The first-order valence-electron chi connectivity index (χ1n) is 11.2. The fourth-order valence-electron chi connectivity index (χ4n) is 3.39. The molecule has 2 aromatic rings. The van der Waals surface area contributed by atoms with Crippen LogP contribution in [0.3, 0.4) is 0 Å². The number of nitrogens with zero attached hydrogens (tertiary/aromatic N) is 2. The summed E-state index contributed by atoms with van der Waals surface area (Å²) in [5.41, 5.74) is 10.8. The van der Waals surface area contributed by atoms with Crippen molar-refractivity contribution in [2.75, 3.05) is 23.8 Å². The third-order valence-corrected chi connectivity index (χ3v) is 5.17. The molecule has 1 aromatic carbocycles. The number of aromatic amines is 1. The number of hydrogen-bond acceptors (Lipinski definition) is 6. The lowest BCUT2D eigenvalue weighted by Gasteiger charge is -2.24. The third kappa shape index (κ3) is 7.23. The molecule has 0 saturated carbocycles. The molecule has 33 heavy (non-hydrogen) atoms. The summed E-state index contributed by atoms with van der Waals surface area (Å²) in [7, 11) is 0. The lowest BCUT2D eigenvalue weighted by molar-refractivity contribution is -0.120. The van der Waals surface area contributed by atoms with Crippen LogP contribution in [0, 0.1) is 0 Å². The number of unbranched alkanes of at least 4 members (excludes halogenated alkanes) is 3. The molecule has 10 heteroatoms. The van der Waals surface area contributed by atoms with Crippen LogP contribution in [0.25, 0.3) is 0 Å². The molecule has 0 radical (unpaired) electrons. The van der Waals surface area contributed by atoms with E-state index in [1.54, 1.807) is 24.3 Å². The summed E-state index contributed by atoms with van der Waals surface area (Å²) in [6.45, 7) is 4.30. The van der Waals surface area contributed by atoms with Crippen molar-refractivity contribution in [1.29, 1.82) is 0 Å². The van der Waals surface area contributed by atoms with Gasteiger partial charge in [0.1, 0.15) is 11.6 Å². The molecule has 1 aromatic heterocycles. The van der Waals surface area contributed by atoms with Crippen molar-refractivity contribution in [3.63, 3.8) is 0 Å². The van der Waals surface area contributed by atoms with Gasteiger partial charge in [-0.05, 0) is 30.5 Å². The second-order valence-corrected chi connectivity index (χ2v) is 7.83. The number of H-pyrrole nitrogens is 1. The average molecular weight is 460 g/mol. The minimum Gasteiger partial charge on any atom is -0.484 e. The van der Waals surface area contributed by atoms with Gasteiger partial charge in [0.15, 0.2) is 12.3 Å². The predicted molar refractivity (Wildman–Crippen MR) is 127 cm³/mol. The Morgan fingerprint density at radius 2 is 1.73 bits per heavy atom. The number of anilines is 2. The molecule has 0 aliphatic carbocycles. The normalized spacial score (nSPS) is 10.7. The van der Waals surface area contributed by atoms with E-state index in [1.807, 2.05) is 13.8 Å². The number of hydrogen-bond donors (Lipinski definition) is 3. The van der Waals surface area contributed by atoms with E-state index in [0.29, 0.717) is 25.1 Å². The van der Waals surface area contributed by atoms with Crippen LogP contribution in [-0.4, -0.2) is 34.5 Å². The van der Waals surface area contributed by atoms with Crippen molar-refractivity contribution in [2.45, 2.75) is 58.9 Å². The highest BCUT2D eigenvalue weighted by Gasteiger charge is 2.24. The minimum atomic E-state index is -0.703. The van der Waals surface area contributed by atoms with E-state index in [2.05, 4.69) is 4.98 Å². The number of carbonyl (C=O) groups excluding carboxylic acids is 2. The van der Waals surface area contributed by atoms with Crippen LogP contribution in [0.5, 0.6) is 5.75 Å². The summed E-state index contributed by atoms with van der Waals surface area (Å²) in [4.78, 5) is 52.6. The van der Waals surface area contributed by atoms with Gasteiger partial charge >= 0.3 is 5.69 Å². The molecule has 0 aliphatic rings. The summed E-state index contributed by atoms with van der Waals surface area (Å²) in [5.74, 6) is -0.493. The van der Waals surface area contributed by atoms with Crippen molar-refractivity contribution >= 4 is 23.3 Å². The fraction of sp³-hybridized carbons (Fsp3) is 0.478. The number of carbonyl (C=O) groups is 2. The lowest BCUT2D eigenvalue weighted by atomic mass is 10.1. The minimum absolute atomic E-state index is 0.0298. The van der Waals surface area contributed by atoms with E-state index in [9.17, 15) is 19.2 Å². The van der Waals surface area contributed by atoms with E-state index in [1.165, 1.54) is 9.47 Å². The molecule has 2 rings (SSSR count). The monoisotopic (exact) mass is 459 g/mol. The van der Waals surface area contributed by atoms with E-state index in [-0.39, 0.29) is 31.1 Å². The van der Waals surface area contributed by atoms with Gasteiger partial charge in [-0.1, -0.05) is 45.2 Å². The van der Waals surface area contributed by atoms with Crippen LogP contribution in [0.1, 0.15) is 51.5 Å². The molecule has 5 N–H and O–H groups in total. The van der Waals surface area contributed by atoms with Gasteiger partial charge in [-0.15, -0.1) is 0 Å². The van der Waals surface area contributed by atoms with Crippen LogP contribution in [0.15, 0.2) is 33.9 Å². The van der Waals surface area contributed by atoms with Crippen molar-refractivity contribution < 1.29 is 14.3 Å². The Labute approximate surface area is 192 Å². The Bertz CT molecular complexity index is 1060. The number of nitrogen functional groups attached to an aromatic ring is 1. The van der Waals surface area contributed by atoms with E-state index < -0.39 is 23.1 Å². The zero-order valence-electron chi connectivity index (χ0n) is 19.3. The van der Waals surface area contributed by atoms with Gasteiger partial charge in [0.2, 0.25) is 5.91 Å². The zero-order chi connectivity index (χ0) is 24.4. The molecular weight excluding hydrogens is 426 g/mol. The van der Waals surface area contributed by atoms with Crippen molar-refractivity contribution in [3.8, 4) is 5.75 Å². The molecule has 0 spiro atoms. The van der Waals surface area contributed by atoms with E-state index >= 15 is 0 Å². The number of primary amides is 1. The third-order valence-electron chi connectivity index (χ3n) is 5.17. The summed E-state index contributed by atoms with van der Waals surface area (Å²) in [5, 5.41) is 0. The van der Waals surface area contributed by atoms with Gasteiger partial charge in [-0.2, -0.15) is 0 Å². The molecule has 0 unspecified atom stereocenters. The Morgan fingerprint density at radius 3 is 2.33 bits per heavy atom. The molecule has 0 atom stereocenters. The number of nitrogens with one attached hydrogen (secondary N) is 1. The Morgan fingerprint density at radius 1 is 1.06 bits per heavy atom. The average Bonchev–Trinajstić information content (AvgIpc) is 2.76. The lowest BCUT2D eigenvalue weighted by Crippen LogP contribution is -2.43. The highest BCUT2D eigenvalue weighted by molar-refractivity contribution is 5.96. The summed E-state index contributed by atoms with van der Waals surface area (Å²) >= 11 is 0. The predicted octanol–water partition coefficient (Wildman–Crippen LogP) is 1.55. The quantitative estimate of drug-likeness (QED) is 0.386. The summed E-state index contributed by atoms with van der Waals surface area (Å²) < 4.78 is 6.90.